The number of fused-ring (bicyclic) bond motifs is 1. The minimum atomic E-state index is -0.272. The average molecular weight is 323 g/mol. The number of para-hydroxylation sites is 1. The molecule has 2 fully saturated rings. The molecule has 2 amide bonds. The van der Waals surface area contributed by atoms with Crippen LogP contribution in [-0.2, 0) is 9.59 Å². The summed E-state index contributed by atoms with van der Waals surface area (Å²) in [6, 6.07) is 11.9. The summed E-state index contributed by atoms with van der Waals surface area (Å²) in [6.45, 7) is 0.545. The van der Waals surface area contributed by atoms with Crippen LogP contribution in [0.25, 0.3) is 10.9 Å². The summed E-state index contributed by atoms with van der Waals surface area (Å²) < 4.78 is 0. The summed E-state index contributed by atoms with van der Waals surface area (Å²) in [5.41, 5.74) is 0.852. The van der Waals surface area contributed by atoms with Crippen molar-refractivity contribution in [2.45, 2.75) is 38.1 Å². The second-order valence-electron chi connectivity index (χ2n) is 6.76. The minimum absolute atomic E-state index is 0.105. The van der Waals surface area contributed by atoms with Crippen molar-refractivity contribution >= 4 is 28.5 Å². The first-order valence-electron chi connectivity index (χ1n) is 8.67. The number of carbonyl (C=O) groups excluding carboxylic acids is 2. The van der Waals surface area contributed by atoms with Crippen LogP contribution in [0.3, 0.4) is 0 Å². The molecule has 1 aliphatic carbocycles. The first-order valence-corrected chi connectivity index (χ1v) is 8.67. The van der Waals surface area contributed by atoms with Crippen LogP contribution in [0, 0.1) is 5.92 Å². The molecule has 1 saturated carbocycles. The van der Waals surface area contributed by atoms with E-state index in [0.29, 0.717) is 24.8 Å². The highest BCUT2D eigenvalue weighted by Gasteiger charge is 2.38. The van der Waals surface area contributed by atoms with Gasteiger partial charge in [0, 0.05) is 24.4 Å². The maximum absolute atomic E-state index is 12.5. The third-order valence-electron chi connectivity index (χ3n) is 5.14. The molecule has 1 N–H and O–H groups in total. The van der Waals surface area contributed by atoms with Crippen LogP contribution < -0.4 is 5.32 Å². The molecule has 2 heterocycles. The van der Waals surface area contributed by atoms with Gasteiger partial charge in [0.2, 0.25) is 11.8 Å². The van der Waals surface area contributed by atoms with Crippen molar-refractivity contribution in [1.29, 1.82) is 0 Å². The Morgan fingerprint density at radius 3 is 2.75 bits per heavy atom. The predicted octanol–water partition coefficient (Wildman–Crippen LogP) is 2.96. The van der Waals surface area contributed by atoms with Crippen molar-refractivity contribution < 1.29 is 9.59 Å². The third kappa shape index (κ3) is 2.86. The third-order valence-corrected chi connectivity index (χ3v) is 5.14. The second-order valence-corrected chi connectivity index (χ2v) is 6.76. The Hall–Kier alpha value is -2.43. The zero-order valence-electron chi connectivity index (χ0n) is 13.6. The van der Waals surface area contributed by atoms with Crippen molar-refractivity contribution in [3.05, 3.63) is 36.4 Å². The van der Waals surface area contributed by atoms with Crippen molar-refractivity contribution in [3.8, 4) is 0 Å². The van der Waals surface area contributed by atoms with Gasteiger partial charge in [-0.05, 0) is 31.0 Å². The first-order chi connectivity index (χ1) is 11.7. The highest BCUT2D eigenvalue weighted by Crippen LogP contribution is 2.30. The number of amides is 2. The number of nitrogens with one attached hydrogen (secondary N) is 1. The zero-order valence-corrected chi connectivity index (χ0v) is 13.6. The van der Waals surface area contributed by atoms with Gasteiger partial charge in [0.25, 0.3) is 0 Å². The molecule has 5 heteroatoms. The molecule has 1 saturated heterocycles. The lowest BCUT2D eigenvalue weighted by Gasteiger charge is -2.23. The molecule has 1 aromatic carbocycles. The van der Waals surface area contributed by atoms with Crippen molar-refractivity contribution in [2.75, 3.05) is 11.9 Å². The van der Waals surface area contributed by atoms with E-state index in [-0.39, 0.29) is 17.7 Å². The Morgan fingerprint density at radius 1 is 1.12 bits per heavy atom. The van der Waals surface area contributed by atoms with Gasteiger partial charge in [0.15, 0.2) is 0 Å². The molecule has 1 atom stereocenters. The second kappa shape index (κ2) is 6.23. The highest BCUT2D eigenvalue weighted by atomic mass is 16.2. The molecule has 0 unspecified atom stereocenters. The maximum atomic E-state index is 12.5. The molecule has 1 aromatic heterocycles. The van der Waals surface area contributed by atoms with Crippen molar-refractivity contribution in [3.63, 3.8) is 0 Å². The number of pyridine rings is 1. The van der Waals surface area contributed by atoms with Gasteiger partial charge < -0.3 is 10.2 Å². The lowest BCUT2D eigenvalue weighted by atomic mass is 10.1. The number of hydrogen-bond acceptors (Lipinski definition) is 3. The van der Waals surface area contributed by atoms with Gasteiger partial charge in [0.05, 0.1) is 11.4 Å². The minimum Gasteiger partial charge on any atom is -0.339 e. The number of carbonyl (C=O) groups is 2. The summed E-state index contributed by atoms with van der Waals surface area (Å²) >= 11 is 0. The largest absolute Gasteiger partial charge is 0.339 e. The molecule has 2 aromatic rings. The van der Waals surface area contributed by atoms with Gasteiger partial charge in [-0.3, -0.25) is 9.59 Å². The van der Waals surface area contributed by atoms with E-state index in [9.17, 15) is 9.59 Å². The monoisotopic (exact) mass is 323 g/mol. The molecule has 0 spiro atoms. The summed E-state index contributed by atoms with van der Waals surface area (Å²) in [6.07, 6.45) is 4.84. The van der Waals surface area contributed by atoms with Gasteiger partial charge in [-0.25, -0.2) is 4.98 Å². The number of rotatable bonds is 3. The van der Waals surface area contributed by atoms with Gasteiger partial charge >= 0.3 is 0 Å². The number of anilines is 1. The number of hydrogen-bond donors (Lipinski definition) is 1. The molecule has 0 radical (unpaired) electrons. The fourth-order valence-corrected chi connectivity index (χ4v) is 3.84. The molecule has 2 aliphatic rings. The van der Waals surface area contributed by atoms with E-state index in [2.05, 4.69) is 10.3 Å². The quantitative estimate of drug-likeness (QED) is 0.944. The average Bonchev–Trinajstić information content (AvgIpc) is 3.24. The van der Waals surface area contributed by atoms with E-state index in [0.717, 1.165) is 23.7 Å². The number of nitrogens with zero attached hydrogens (tertiary/aromatic N) is 2. The van der Waals surface area contributed by atoms with E-state index in [1.807, 2.05) is 41.3 Å². The summed E-state index contributed by atoms with van der Waals surface area (Å²) in [5.74, 6) is 0.289. The van der Waals surface area contributed by atoms with Crippen LogP contribution in [0.1, 0.15) is 32.1 Å². The van der Waals surface area contributed by atoms with Crippen LogP contribution in [0.4, 0.5) is 5.82 Å². The van der Waals surface area contributed by atoms with Crippen LogP contribution >= 0.6 is 0 Å². The molecule has 124 valence electrons. The Kier molecular flexibility index (Phi) is 3.92. The van der Waals surface area contributed by atoms with E-state index in [1.54, 1.807) is 0 Å². The van der Waals surface area contributed by atoms with Gasteiger partial charge in [-0.2, -0.15) is 0 Å². The molecule has 0 bridgehead atoms. The van der Waals surface area contributed by atoms with E-state index >= 15 is 0 Å². The van der Waals surface area contributed by atoms with Crippen molar-refractivity contribution in [1.82, 2.24) is 9.88 Å². The lowest BCUT2D eigenvalue weighted by Crippen LogP contribution is -2.35. The Labute approximate surface area is 141 Å². The smallest absolute Gasteiger partial charge is 0.230 e. The summed E-state index contributed by atoms with van der Waals surface area (Å²) in [5, 5.41) is 3.92. The molecule has 5 nitrogen and oxygen atoms in total. The first kappa shape index (κ1) is 15.1. The summed E-state index contributed by atoms with van der Waals surface area (Å²) in [4.78, 5) is 31.2. The van der Waals surface area contributed by atoms with Gasteiger partial charge in [-0.1, -0.05) is 31.0 Å². The molecule has 24 heavy (non-hydrogen) atoms. The van der Waals surface area contributed by atoms with Crippen LogP contribution in [0.5, 0.6) is 0 Å². The fraction of sp³-hybridized carbons (Fsp3) is 0.421. The Bertz CT molecular complexity index is 783. The molecule has 4 rings (SSSR count). The SMILES string of the molecule is O=C(Nc1ccc2ccccc2n1)[C@H]1CC(=O)N(C2CCCC2)C1. The maximum Gasteiger partial charge on any atom is 0.230 e. The predicted molar refractivity (Wildman–Crippen MR) is 92.4 cm³/mol. The normalized spacial score (nSPS) is 21.6. The van der Waals surface area contributed by atoms with Crippen molar-refractivity contribution in [2.24, 2.45) is 5.92 Å². The lowest BCUT2D eigenvalue weighted by molar-refractivity contribution is -0.129. The van der Waals surface area contributed by atoms with Crippen LogP contribution in [0.15, 0.2) is 36.4 Å². The zero-order chi connectivity index (χ0) is 16.5. The standard InChI is InChI=1S/C19H21N3O2/c23-18-11-14(12-22(18)15-6-2-3-7-15)19(24)21-17-10-9-13-5-1-4-8-16(13)20-17/h1,4-5,8-10,14-15H,2-3,6-7,11-12H2,(H,20,21,24)/t14-/m0/s1. The van der Waals surface area contributed by atoms with Crippen LogP contribution in [0.2, 0.25) is 0 Å². The molecular weight excluding hydrogens is 302 g/mol. The van der Waals surface area contributed by atoms with Gasteiger partial charge in [-0.15, -0.1) is 0 Å². The van der Waals surface area contributed by atoms with E-state index in [4.69, 9.17) is 0 Å². The summed E-state index contributed by atoms with van der Waals surface area (Å²) in [7, 11) is 0. The van der Waals surface area contributed by atoms with Crippen LogP contribution in [-0.4, -0.2) is 34.3 Å². The topological polar surface area (TPSA) is 62.3 Å². The fourth-order valence-electron chi connectivity index (χ4n) is 3.84. The number of aromatic nitrogens is 1. The molecular formula is C19H21N3O2. The van der Waals surface area contributed by atoms with E-state index < -0.39 is 0 Å². The number of benzene rings is 1. The Morgan fingerprint density at radius 2 is 1.92 bits per heavy atom. The molecule has 1 aliphatic heterocycles. The highest BCUT2D eigenvalue weighted by molar-refractivity contribution is 5.97. The van der Waals surface area contributed by atoms with E-state index in [1.165, 1.54) is 12.8 Å². The Balaban J connectivity index is 1.44. The van der Waals surface area contributed by atoms with Gasteiger partial charge in [0.1, 0.15) is 5.82 Å². The number of likely N-dealkylation sites (tertiary alicyclic amines) is 1.